The molecule has 2 aromatic heterocycles. The van der Waals surface area contributed by atoms with Crippen molar-refractivity contribution in [2.75, 3.05) is 0 Å². The Balaban J connectivity index is 2.09. The van der Waals surface area contributed by atoms with Crippen LogP contribution in [0.15, 0.2) is 57.8 Å². The predicted molar refractivity (Wildman–Crippen MR) is 92.7 cm³/mol. The van der Waals surface area contributed by atoms with Gasteiger partial charge in [-0.1, -0.05) is 46.3 Å². The topological polar surface area (TPSA) is 52.2 Å². The first kappa shape index (κ1) is 14.1. The van der Waals surface area contributed by atoms with Gasteiger partial charge in [-0.25, -0.2) is 0 Å². The van der Waals surface area contributed by atoms with Crippen molar-refractivity contribution < 1.29 is 0 Å². The number of fused-ring (bicyclic) bond motifs is 3. The third-order valence-electron chi connectivity index (χ3n) is 3.91. The molecular weight excluding hydrogens is 356 g/mol. The molecule has 4 rings (SSSR count). The lowest BCUT2D eigenvalue weighted by Crippen LogP contribution is -2.24. The predicted octanol–water partition coefficient (Wildman–Crippen LogP) is 3.16. The fraction of sp³-hybridized carbons (Fsp3) is 0.118. The van der Waals surface area contributed by atoms with Gasteiger partial charge in [0.1, 0.15) is 5.82 Å². The molecule has 0 aliphatic carbocycles. The Labute approximate surface area is 140 Å². The number of aryl methyl sites for hydroxylation is 1. The van der Waals surface area contributed by atoms with E-state index in [1.54, 1.807) is 4.57 Å². The zero-order chi connectivity index (χ0) is 16.0. The molecule has 0 radical (unpaired) electrons. The minimum absolute atomic E-state index is 0.0648. The summed E-state index contributed by atoms with van der Waals surface area (Å²) in [6, 6.07) is 15.6. The maximum atomic E-state index is 13.0. The quantitative estimate of drug-likeness (QED) is 0.546. The van der Waals surface area contributed by atoms with E-state index in [2.05, 4.69) is 26.1 Å². The number of rotatable bonds is 2. The molecule has 23 heavy (non-hydrogen) atoms. The molecule has 0 unspecified atom stereocenters. The highest BCUT2D eigenvalue weighted by Gasteiger charge is 2.15. The highest BCUT2D eigenvalue weighted by Crippen LogP contribution is 2.19. The molecule has 0 amide bonds. The van der Waals surface area contributed by atoms with Crippen LogP contribution >= 0.6 is 15.9 Å². The van der Waals surface area contributed by atoms with Gasteiger partial charge in [0.15, 0.2) is 0 Å². The standard InChI is InChI=1S/C17H13BrN4O/c1-11-19-20-17-21(10-12-5-3-2-4-6-12)16(23)14-9-13(18)7-8-15(14)22(11)17/h2-9H,10H2,1H3. The zero-order valence-electron chi connectivity index (χ0n) is 12.4. The Hall–Kier alpha value is -2.47. The summed E-state index contributed by atoms with van der Waals surface area (Å²) in [5.41, 5.74) is 1.80. The van der Waals surface area contributed by atoms with Crippen LogP contribution in [0.1, 0.15) is 11.4 Å². The van der Waals surface area contributed by atoms with Crippen molar-refractivity contribution in [1.82, 2.24) is 19.2 Å². The van der Waals surface area contributed by atoms with E-state index in [1.807, 2.05) is 59.9 Å². The van der Waals surface area contributed by atoms with Crippen molar-refractivity contribution >= 4 is 32.6 Å². The summed E-state index contributed by atoms with van der Waals surface area (Å²) >= 11 is 3.44. The van der Waals surface area contributed by atoms with Gasteiger partial charge in [0.05, 0.1) is 17.4 Å². The fourth-order valence-electron chi connectivity index (χ4n) is 2.83. The highest BCUT2D eigenvalue weighted by molar-refractivity contribution is 9.10. The van der Waals surface area contributed by atoms with Crippen molar-refractivity contribution in [3.05, 3.63) is 74.7 Å². The van der Waals surface area contributed by atoms with Crippen LogP contribution < -0.4 is 5.56 Å². The molecule has 0 aliphatic heterocycles. The molecule has 2 aromatic carbocycles. The van der Waals surface area contributed by atoms with E-state index in [4.69, 9.17) is 0 Å². The number of hydrogen-bond acceptors (Lipinski definition) is 3. The normalized spacial score (nSPS) is 11.4. The summed E-state index contributed by atoms with van der Waals surface area (Å²) in [4.78, 5) is 13.0. The summed E-state index contributed by atoms with van der Waals surface area (Å²) in [7, 11) is 0. The van der Waals surface area contributed by atoms with Gasteiger partial charge in [0, 0.05) is 4.47 Å². The van der Waals surface area contributed by atoms with Crippen LogP contribution in [-0.2, 0) is 6.54 Å². The van der Waals surface area contributed by atoms with Crippen LogP contribution in [-0.4, -0.2) is 19.2 Å². The molecule has 0 saturated heterocycles. The molecule has 0 N–H and O–H groups in total. The first-order valence-electron chi connectivity index (χ1n) is 7.23. The summed E-state index contributed by atoms with van der Waals surface area (Å²) in [6.07, 6.45) is 0. The Morgan fingerprint density at radius 1 is 1.09 bits per heavy atom. The molecule has 0 atom stereocenters. The van der Waals surface area contributed by atoms with Crippen molar-refractivity contribution in [1.29, 1.82) is 0 Å². The second-order valence-corrected chi connectivity index (χ2v) is 6.34. The van der Waals surface area contributed by atoms with Gasteiger partial charge < -0.3 is 0 Å². The lowest BCUT2D eigenvalue weighted by Gasteiger charge is -2.11. The minimum Gasteiger partial charge on any atom is -0.272 e. The van der Waals surface area contributed by atoms with Crippen molar-refractivity contribution in [2.45, 2.75) is 13.5 Å². The monoisotopic (exact) mass is 368 g/mol. The summed E-state index contributed by atoms with van der Waals surface area (Å²) in [5.74, 6) is 1.32. The summed E-state index contributed by atoms with van der Waals surface area (Å²) < 4.78 is 4.47. The smallest absolute Gasteiger partial charge is 0.263 e. The van der Waals surface area contributed by atoms with Gasteiger partial charge in [0.2, 0.25) is 5.78 Å². The Morgan fingerprint density at radius 3 is 2.65 bits per heavy atom. The number of hydrogen-bond donors (Lipinski definition) is 0. The maximum Gasteiger partial charge on any atom is 0.263 e. The molecule has 6 heteroatoms. The largest absolute Gasteiger partial charge is 0.272 e. The second-order valence-electron chi connectivity index (χ2n) is 5.42. The molecule has 0 fully saturated rings. The van der Waals surface area contributed by atoms with Crippen molar-refractivity contribution in [2.24, 2.45) is 0 Å². The number of nitrogens with zero attached hydrogens (tertiary/aromatic N) is 4. The molecule has 0 saturated carbocycles. The number of benzene rings is 2. The van der Waals surface area contributed by atoms with E-state index < -0.39 is 0 Å². The minimum atomic E-state index is -0.0648. The Morgan fingerprint density at radius 2 is 1.87 bits per heavy atom. The molecule has 0 bridgehead atoms. The molecule has 4 aromatic rings. The van der Waals surface area contributed by atoms with Crippen LogP contribution in [0.25, 0.3) is 16.7 Å². The molecule has 114 valence electrons. The fourth-order valence-corrected chi connectivity index (χ4v) is 3.19. The summed E-state index contributed by atoms with van der Waals surface area (Å²) in [6.45, 7) is 2.35. The van der Waals surface area contributed by atoms with Crippen LogP contribution in [0.4, 0.5) is 0 Å². The van der Waals surface area contributed by atoms with Gasteiger partial charge in [-0.15, -0.1) is 10.2 Å². The van der Waals surface area contributed by atoms with Gasteiger partial charge in [-0.05, 0) is 30.7 Å². The van der Waals surface area contributed by atoms with Gasteiger partial charge in [-0.3, -0.25) is 13.8 Å². The van der Waals surface area contributed by atoms with Crippen LogP contribution in [0.5, 0.6) is 0 Å². The third kappa shape index (κ3) is 2.26. The number of halogens is 1. The van der Waals surface area contributed by atoms with Gasteiger partial charge in [-0.2, -0.15) is 0 Å². The van der Waals surface area contributed by atoms with Crippen molar-refractivity contribution in [3.63, 3.8) is 0 Å². The molecule has 2 heterocycles. The van der Waals surface area contributed by atoms with E-state index in [0.29, 0.717) is 17.7 Å². The highest BCUT2D eigenvalue weighted by atomic mass is 79.9. The van der Waals surface area contributed by atoms with E-state index in [-0.39, 0.29) is 5.56 Å². The molecular formula is C17H13BrN4O. The summed E-state index contributed by atoms with van der Waals surface area (Å²) in [5, 5.41) is 9.01. The Kier molecular flexibility index (Phi) is 3.27. The lowest BCUT2D eigenvalue weighted by atomic mass is 10.2. The van der Waals surface area contributed by atoms with Crippen LogP contribution in [0, 0.1) is 6.92 Å². The van der Waals surface area contributed by atoms with Crippen LogP contribution in [0.3, 0.4) is 0 Å². The Bertz CT molecular complexity index is 1080. The van der Waals surface area contributed by atoms with Gasteiger partial charge >= 0.3 is 0 Å². The average Bonchev–Trinajstić information content (AvgIpc) is 2.94. The molecule has 5 nitrogen and oxygen atoms in total. The first-order valence-corrected chi connectivity index (χ1v) is 8.02. The van der Waals surface area contributed by atoms with Gasteiger partial charge in [0.25, 0.3) is 5.56 Å². The van der Waals surface area contributed by atoms with E-state index in [9.17, 15) is 4.79 Å². The van der Waals surface area contributed by atoms with E-state index in [1.165, 1.54) is 0 Å². The first-order chi connectivity index (χ1) is 11.1. The van der Waals surface area contributed by atoms with Crippen LogP contribution in [0.2, 0.25) is 0 Å². The molecule has 0 aliphatic rings. The van der Waals surface area contributed by atoms with E-state index in [0.717, 1.165) is 21.4 Å². The SMILES string of the molecule is Cc1nnc2n(Cc3ccccc3)c(=O)c3cc(Br)ccc3n12. The average molecular weight is 369 g/mol. The lowest BCUT2D eigenvalue weighted by molar-refractivity contribution is 0.766. The van der Waals surface area contributed by atoms with Crippen molar-refractivity contribution in [3.8, 4) is 0 Å². The zero-order valence-corrected chi connectivity index (χ0v) is 14.0. The molecule has 0 spiro atoms. The second kappa shape index (κ2) is 5.31. The van der Waals surface area contributed by atoms with E-state index >= 15 is 0 Å². The maximum absolute atomic E-state index is 13.0. The third-order valence-corrected chi connectivity index (χ3v) is 4.40. The number of aromatic nitrogens is 4.